The van der Waals surface area contributed by atoms with Crippen LogP contribution in [0.1, 0.15) is 4.88 Å². The minimum absolute atomic E-state index is 0.116. The topological polar surface area (TPSA) is 38.7 Å². The number of benzene rings is 1. The van der Waals surface area contributed by atoms with Crippen molar-refractivity contribution in [3.63, 3.8) is 0 Å². The zero-order chi connectivity index (χ0) is 11.0. The van der Waals surface area contributed by atoms with Crippen molar-refractivity contribution < 1.29 is 14.6 Å². The Bertz CT molecular complexity index is 495. The number of hydrogen-bond acceptors (Lipinski definition) is 4. The fourth-order valence-electron chi connectivity index (χ4n) is 1.66. The van der Waals surface area contributed by atoms with Crippen molar-refractivity contribution >= 4 is 11.3 Å². The summed E-state index contributed by atoms with van der Waals surface area (Å²) in [7, 11) is 0. The summed E-state index contributed by atoms with van der Waals surface area (Å²) in [6.45, 7) is 0.116. The average Bonchev–Trinajstić information content (AvgIpc) is 2.83. The van der Waals surface area contributed by atoms with Gasteiger partial charge in [-0.3, -0.25) is 0 Å². The van der Waals surface area contributed by atoms with E-state index in [9.17, 15) is 5.11 Å². The highest BCUT2D eigenvalue weighted by Gasteiger charge is 2.38. The van der Waals surface area contributed by atoms with Gasteiger partial charge < -0.3 is 14.6 Å². The molecule has 0 aliphatic carbocycles. The molecule has 1 atom stereocenters. The van der Waals surface area contributed by atoms with Crippen LogP contribution >= 0.6 is 11.3 Å². The molecule has 1 aliphatic heterocycles. The van der Waals surface area contributed by atoms with E-state index in [0.717, 1.165) is 4.88 Å². The fraction of sp³-hybridized carbons (Fsp3) is 0.167. The van der Waals surface area contributed by atoms with Gasteiger partial charge in [-0.15, -0.1) is 11.3 Å². The molecule has 4 heteroatoms. The van der Waals surface area contributed by atoms with Gasteiger partial charge in [-0.25, -0.2) is 0 Å². The van der Waals surface area contributed by atoms with E-state index < -0.39 is 5.79 Å². The first-order chi connectivity index (χ1) is 7.78. The Hall–Kier alpha value is -1.52. The van der Waals surface area contributed by atoms with Gasteiger partial charge in [0.25, 0.3) is 5.79 Å². The number of rotatable bonds is 1. The van der Waals surface area contributed by atoms with Crippen LogP contribution < -0.4 is 9.47 Å². The van der Waals surface area contributed by atoms with Gasteiger partial charge in [-0.1, -0.05) is 18.2 Å². The standard InChI is InChI=1S/C12H10O3S/c13-12(11-6-3-7-16-11)8-14-9-4-1-2-5-10(9)15-12/h1-7,13H,8H2/t12-/m0/s1. The number of hydrogen-bond donors (Lipinski definition) is 1. The molecule has 0 fully saturated rings. The summed E-state index contributed by atoms with van der Waals surface area (Å²) in [5.74, 6) is -0.115. The van der Waals surface area contributed by atoms with Crippen molar-refractivity contribution in [3.05, 3.63) is 46.7 Å². The van der Waals surface area contributed by atoms with E-state index in [1.807, 2.05) is 35.7 Å². The van der Waals surface area contributed by atoms with Gasteiger partial charge in [0.1, 0.15) is 0 Å². The smallest absolute Gasteiger partial charge is 0.278 e. The molecular weight excluding hydrogens is 224 g/mol. The third-order valence-electron chi connectivity index (χ3n) is 2.46. The van der Waals surface area contributed by atoms with Crippen molar-refractivity contribution in [3.8, 4) is 11.5 Å². The van der Waals surface area contributed by atoms with E-state index in [4.69, 9.17) is 9.47 Å². The van der Waals surface area contributed by atoms with Crippen LogP contribution in [0.3, 0.4) is 0 Å². The van der Waals surface area contributed by atoms with Crippen molar-refractivity contribution in [2.24, 2.45) is 0 Å². The first-order valence-corrected chi connectivity index (χ1v) is 5.83. The summed E-state index contributed by atoms with van der Waals surface area (Å²) in [5.41, 5.74) is 0. The lowest BCUT2D eigenvalue weighted by atomic mass is 10.2. The van der Waals surface area contributed by atoms with Crippen molar-refractivity contribution in [2.75, 3.05) is 6.61 Å². The number of fused-ring (bicyclic) bond motifs is 1. The van der Waals surface area contributed by atoms with E-state index in [1.54, 1.807) is 6.07 Å². The number of aliphatic hydroxyl groups is 1. The lowest BCUT2D eigenvalue weighted by Gasteiger charge is -2.32. The second-order valence-corrected chi connectivity index (χ2v) is 4.55. The summed E-state index contributed by atoms with van der Waals surface area (Å²) >= 11 is 1.45. The quantitative estimate of drug-likeness (QED) is 0.823. The van der Waals surface area contributed by atoms with Crippen molar-refractivity contribution in [1.29, 1.82) is 0 Å². The second kappa shape index (κ2) is 3.50. The Balaban J connectivity index is 1.98. The molecule has 82 valence electrons. The Morgan fingerprint density at radius 3 is 2.69 bits per heavy atom. The third-order valence-corrected chi connectivity index (χ3v) is 3.46. The predicted octanol–water partition coefficient (Wildman–Crippen LogP) is 2.36. The highest BCUT2D eigenvalue weighted by Crippen LogP contribution is 2.39. The third kappa shape index (κ3) is 1.47. The molecule has 3 nitrogen and oxygen atoms in total. The minimum atomic E-state index is -1.36. The van der Waals surface area contributed by atoms with Crippen LogP contribution in [0.4, 0.5) is 0 Å². The summed E-state index contributed by atoms with van der Waals surface area (Å²) in [6, 6.07) is 11.0. The molecule has 1 aromatic heterocycles. The summed E-state index contributed by atoms with van der Waals surface area (Å²) in [4.78, 5) is 0.752. The molecule has 3 rings (SSSR count). The number of thiophene rings is 1. The summed E-state index contributed by atoms with van der Waals surface area (Å²) in [5, 5.41) is 12.2. The van der Waals surface area contributed by atoms with E-state index in [1.165, 1.54) is 11.3 Å². The maximum atomic E-state index is 10.3. The minimum Gasteiger partial charge on any atom is -0.482 e. The summed E-state index contributed by atoms with van der Waals surface area (Å²) < 4.78 is 11.1. The molecule has 0 saturated carbocycles. The normalized spacial score (nSPS) is 23.1. The lowest BCUT2D eigenvalue weighted by molar-refractivity contribution is -0.180. The molecule has 1 aromatic carbocycles. The summed E-state index contributed by atoms with van der Waals surface area (Å²) in [6.07, 6.45) is 0. The highest BCUT2D eigenvalue weighted by molar-refractivity contribution is 7.10. The molecule has 0 spiro atoms. The Labute approximate surface area is 96.9 Å². The van der Waals surface area contributed by atoms with Crippen LogP contribution in [0.15, 0.2) is 41.8 Å². The monoisotopic (exact) mass is 234 g/mol. The predicted molar refractivity (Wildman–Crippen MR) is 60.8 cm³/mol. The number of ether oxygens (including phenoxy) is 2. The molecule has 2 heterocycles. The first kappa shape index (κ1) is 9.69. The van der Waals surface area contributed by atoms with E-state index >= 15 is 0 Å². The van der Waals surface area contributed by atoms with Gasteiger partial charge in [0.15, 0.2) is 18.1 Å². The van der Waals surface area contributed by atoms with Gasteiger partial charge in [0.2, 0.25) is 0 Å². The second-order valence-electron chi connectivity index (χ2n) is 3.60. The molecule has 1 N–H and O–H groups in total. The number of para-hydroxylation sites is 2. The Kier molecular flexibility index (Phi) is 2.12. The molecule has 0 amide bonds. The van der Waals surface area contributed by atoms with Crippen LogP contribution in [-0.2, 0) is 5.79 Å². The Morgan fingerprint density at radius 2 is 1.94 bits per heavy atom. The fourth-order valence-corrected chi connectivity index (χ4v) is 2.41. The van der Waals surface area contributed by atoms with Gasteiger partial charge in [-0.05, 0) is 23.6 Å². The van der Waals surface area contributed by atoms with Gasteiger partial charge in [0.05, 0.1) is 4.88 Å². The van der Waals surface area contributed by atoms with E-state index in [2.05, 4.69) is 0 Å². The molecule has 2 aromatic rings. The maximum Gasteiger partial charge on any atom is 0.278 e. The van der Waals surface area contributed by atoms with Crippen LogP contribution in [0, 0.1) is 0 Å². The molecule has 0 radical (unpaired) electrons. The zero-order valence-electron chi connectivity index (χ0n) is 8.42. The molecule has 1 aliphatic rings. The van der Waals surface area contributed by atoms with Gasteiger partial charge >= 0.3 is 0 Å². The van der Waals surface area contributed by atoms with Crippen LogP contribution in [0.2, 0.25) is 0 Å². The van der Waals surface area contributed by atoms with Crippen molar-refractivity contribution in [1.82, 2.24) is 0 Å². The maximum absolute atomic E-state index is 10.3. The van der Waals surface area contributed by atoms with Crippen molar-refractivity contribution in [2.45, 2.75) is 5.79 Å². The average molecular weight is 234 g/mol. The molecule has 16 heavy (non-hydrogen) atoms. The van der Waals surface area contributed by atoms with E-state index in [0.29, 0.717) is 11.5 Å². The van der Waals surface area contributed by atoms with Crippen LogP contribution in [0.25, 0.3) is 0 Å². The van der Waals surface area contributed by atoms with Gasteiger partial charge in [-0.2, -0.15) is 0 Å². The van der Waals surface area contributed by atoms with Crippen LogP contribution in [0.5, 0.6) is 11.5 Å². The molecule has 0 saturated heterocycles. The van der Waals surface area contributed by atoms with Crippen LogP contribution in [-0.4, -0.2) is 11.7 Å². The van der Waals surface area contributed by atoms with E-state index in [-0.39, 0.29) is 6.61 Å². The highest BCUT2D eigenvalue weighted by atomic mass is 32.1. The van der Waals surface area contributed by atoms with Gasteiger partial charge in [0, 0.05) is 0 Å². The first-order valence-electron chi connectivity index (χ1n) is 4.95. The SMILES string of the molecule is O[C@@]1(c2cccs2)COc2ccccc2O1. The molecule has 0 bridgehead atoms. The molecule has 0 unspecified atom stereocenters. The lowest BCUT2D eigenvalue weighted by Crippen LogP contribution is -2.41. The molecular formula is C12H10O3S. The Morgan fingerprint density at radius 1 is 1.12 bits per heavy atom. The largest absolute Gasteiger partial charge is 0.482 e. The zero-order valence-corrected chi connectivity index (χ0v) is 9.24.